The van der Waals surface area contributed by atoms with Crippen molar-refractivity contribution >= 4 is 34.2 Å². The van der Waals surface area contributed by atoms with E-state index >= 15 is 0 Å². The number of fused-ring (bicyclic) bond motifs is 1. The van der Waals surface area contributed by atoms with E-state index in [2.05, 4.69) is 9.97 Å². The average molecular weight is 227 g/mol. The molecule has 0 spiro atoms. The SMILES string of the molecule is ClCc1ccc(CCl)c2nccnc12. The highest BCUT2D eigenvalue weighted by molar-refractivity contribution is 6.19. The molecule has 2 aromatic rings. The van der Waals surface area contributed by atoms with Crippen LogP contribution < -0.4 is 0 Å². The molecule has 0 aliphatic carbocycles. The third-order valence-electron chi connectivity index (χ3n) is 2.08. The fraction of sp³-hybridized carbons (Fsp3) is 0.200. The Hall–Kier alpha value is -0.860. The van der Waals surface area contributed by atoms with Gasteiger partial charge in [-0.1, -0.05) is 12.1 Å². The maximum absolute atomic E-state index is 5.80. The van der Waals surface area contributed by atoms with Gasteiger partial charge in [-0.25, -0.2) is 0 Å². The molecule has 1 aromatic heterocycles. The quantitative estimate of drug-likeness (QED) is 0.736. The molecule has 1 aromatic carbocycles. The fourth-order valence-corrected chi connectivity index (χ4v) is 1.81. The summed E-state index contributed by atoms with van der Waals surface area (Å²) in [5.41, 5.74) is 3.67. The van der Waals surface area contributed by atoms with E-state index in [1.54, 1.807) is 12.4 Å². The molecule has 0 N–H and O–H groups in total. The molecule has 0 aliphatic heterocycles. The Balaban J connectivity index is 2.78. The second-order valence-electron chi connectivity index (χ2n) is 2.90. The fourth-order valence-electron chi connectivity index (χ4n) is 1.38. The molecule has 0 unspecified atom stereocenters. The molecule has 2 rings (SSSR count). The van der Waals surface area contributed by atoms with Crippen LogP contribution in [0, 0.1) is 0 Å². The molecular weight excluding hydrogens is 219 g/mol. The third-order valence-corrected chi connectivity index (χ3v) is 2.66. The molecule has 72 valence electrons. The maximum Gasteiger partial charge on any atom is 0.0934 e. The van der Waals surface area contributed by atoms with Crippen LogP contribution in [0.1, 0.15) is 11.1 Å². The number of hydrogen-bond acceptors (Lipinski definition) is 2. The summed E-state index contributed by atoms with van der Waals surface area (Å²) in [7, 11) is 0. The molecule has 0 radical (unpaired) electrons. The molecule has 1 heterocycles. The zero-order valence-electron chi connectivity index (χ0n) is 7.37. The van der Waals surface area contributed by atoms with Crippen LogP contribution in [0.3, 0.4) is 0 Å². The Morgan fingerprint density at radius 2 is 1.29 bits per heavy atom. The first-order valence-electron chi connectivity index (χ1n) is 4.20. The van der Waals surface area contributed by atoms with Crippen LogP contribution in [0.2, 0.25) is 0 Å². The summed E-state index contributed by atoms with van der Waals surface area (Å²) in [6.45, 7) is 0. The second kappa shape index (κ2) is 4.11. The summed E-state index contributed by atoms with van der Waals surface area (Å²) in [5, 5.41) is 0. The zero-order valence-corrected chi connectivity index (χ0v) is 8.89. The zero-order chi connectivity index (χ0) is 9.97. The van der Waals surface area contributed by atoms with E-state index in [4.69, 9.17) is 23.2 Å². The van der Waals surface area contributed by atoms with Crippen molar-refractivity contribution in [3.05, 3.63) is 35.7 Å². The summed E-state index contributed by atoms with van der Waals surface area (Å²) in [6, 6.07) is 3.89. The first-order valence-corrected chi connectivity index (χ1v) is 5.27. The molecule has 2 nitrogen and oxygen atoms in total. The Labute approximate surface area is 91.9 Å². The predicted molar refractivity (Wildman–Crippen MR) is 58.7 cm³/mol. The minimum atomic E-state index is 0.442. The van der Waals surface area contributed by atoms with Crippen LogP contribution in [0.25, 0.3) is 11.0 Å². The van der Waals surface area contributed by atoms with Crippen LogP contribution in [-0.4, -0.2) is 9.97 Å². The van der Waals surface area contributed by atoms with Gasteiger partial charge < -0.3 is 0 Å². The molecular formula is C10H8Cl2N2. The number of aromatic nitrogens is 2. The Bertz CT molecular complexity index is 414. The monoisotopic (exact) mass is 226 g/mol. The van der Waals surface area contributed by atoms with E-state index in [1.807, 2.05) is 12.1 Å². The van der Waals surface area contributed by atoms with Gasteiger partial charge in [-0.05, 0) is 11.1 Å². The first-order chi connectivity index (χ1) is 6.86. The van der Waals surface area contributed by atoms with E-state index in [0.717, 1.165) is 22.2 Å². The van der Waals surface area contributed by atoms with E-state index in [0.29, 0.717) is 11.8 Å². The highest BCUT2D eigenvalue weighted by Gasteiger charge is 2.06. The van der Waals surface area contributed by atoms with Gasteiger partial charge in [0.05, 0.1) is 11.0 Å². The van der Waals surface area contributed by atoms with Crippen LogP contribution in [0.4, 0.5) is 0 Å². The molecule has 0 atom stereocenters. The first kappa shape index (κ1) is 9.69. The Morgan fingerprint density at radius 1 is 0.857 bits per heavy atom. The summed E-state index contributed by atoms with van der Waals surface area (Å²) < 4.78 is 0. The lowest BCUT2D eigenvalue weighted by Crippen LogP contribution is -1.92. The van der Waals surface area contributed by atoms with Crippen LogP contribution in [0.5, 0.6) is 0 Å². The lowest BCUT2D eigenvalue weighted by atomic mass is 10.1. The minimum absolute atomic E-state index is 0.442. The lowest BCUT2D eigenvalue weighted by molar-refractivity contribution is 1.23. The molecule has 0 fully saturated rings. The number of hydrogen-bond donors (Lipinski definition) is 0. The summed E-state index contributed by atoms with van der Waals surface area (Å²) in [6.07, 6.45) is 3.33. The van der Waals surface area contributed by atoms with E-state index < -0.39 is 0 Å². The number of halogens is 2. The summed E-state index contributed by atoms with van der Waals surface area (Å²) in [4.78, 5) is 8.51. The van der Waals surface area contributed by atoms with Crippen LogP contribution in [-0.2, 0) is 11.8 Å². The average Bonchev–Trinajstić information content (AvgIpc) is 2.27. The molecule has 0 saturated carbocycles. The summed E-state index contributed by atoms with van der Waals surface area (Å²) in [5.74, 6) is 0.884. The van der Waals surface area contributed by atoms with Gasteiger partial charge in [-0.2, -0.15) is 0 Å². The topological polar surface area (TPSA) is 25.8 Å². The smallest absolute Gasteiger partial charge is 0.0934 e. The predicted octanol–water partition coefficient (Wildman–Crippen LogP) is 3.11. The normalized spacial score (nSPS) is 10.7. The summed E-state index contributed by atoms with van der Waals surface area (Å²) >= 11 is 11.6. The van der Waals surface area contributed by atoms with Gasteiger partial charge in [0.2, 0.25) is 0 Å². The molecule has 0 saturated heterocycles. The standard InChI is InChI=1S/C10H8Cl2N2/c11-5-7-1-2-8(6-12)10-9(7)13-3-4-14-10/h1-4H,5-6H2. The maximum atomic E-state index is 5.80. The van der Waals surface area contributed by atoms with Crippen molar-refractivity contribution in [2.24, 2.45) is 0 Å². The van der Waals surface area contributed by atoms with Crippen molar-refractivity contribution < 1.29 is 0 Å². The highest BCUT2D eigenvalue weighted by Crippen LogP contribution is 2.21. The largest absolute Gasteiger partial charge is 0.253 e. The highest BCUT2D eigenvalue weighted by atomic mass is 35.5. The van der Waals surface area contributed by atoms with Crippen molar-refractivity contribution in [1.82, 2.24) is 9.97 Å². The molecule has 0 aliphatic rings. The number of benzene rings is 1. The molecule has 0 amide bonds. The van der Waals surface area contributed by atoms with Crippen LogP contribution in [0.15, 0.2) is 24.5 Å². The molecule has 0 bridgehead atoms. The third kappa shape index (κ3) is 1.56. The Morgan fingerprint density at radius 3 is 1.64 bits per heavy atom. The van der Waals surface area contributed by atoms with Gasteiger partial charge in [-0.3, -0.25) is 9.97 Å². The van der Waals surface area contributed by atoms with E-state index in [-0.39, 0.29) is 0 Å². The van der Waals surface area contributed by atoms with Gasteiger partial charge in [0, 0.05) is 24.2 Å². The second-order valence-corrected chi connectivity index (χ2v) is 3.44. The van der Waals surface area contributed by atoms with Crippen molar-refractivity contribution in [3.8, 4) is 0 Å². The Kier molecular flexibility index (Phi) is 2.85. The van der Waals surface area contributed by atoms with Gasteiger partial charge in [0.15, 0.2) is 0 Å². The number of nitrogens with zero attached hydrogens (tertiary/aromatic N) is 2. The van der Waals surface area contributed by atoms with E-state index in [9.17, 15) is 0 Å². The van der Waals surface area contributed by atoms with Crippen LogP contribution >= 0.6 is 23.2 Å². The molecule has 14 heavy (non-hydrogen) atoms. The number of rotatable bonds is 2. The van der Waals surface area contributed by atoms with Gasteiger partial charge >= 0.3 is 0 Å². The molecule has 4 heteroatoms. The van der Waals surface area contributed by atoms with E-state index in [1.165, 1.54) is 0 Å². The van der Waals surface area contributed by atoms with Gasteiger partial charge in [0.1, 0.15) is 0 Å². The van der Waals surface area contributed by atoms with Crippen molar-refractivity contribution in [2.75, 3.05) is 0 Å². The number of alkyl halides is 2. The van der Waals surface area contributed by atoms with Crippen molar-refractivity contribution in [1.29, 1.82) is 0 Å². The van der Waals surface area contributed by atoms with Crippen molar-refractivity contribution in [3.63, 3.8) is 0 Å². The van der Waals surface area contributed by atoms with Gasteiger partial charge in [0.25, 0.3) is 0 Å². The van der Waals surface area contributed by atoms with Gasteiger partial charge in [-0.15, -0.1) is 23.2 Å². The minimum Gasteiger partial charge on any atom is -0.253 e. The van der Waals surface area contributed by atoms with Crippen molar-refractivity contribution in [2.45, 2.75) is 11.8 Å². The lowest BCUT2D eigenvalue weighted by Gasteiger charge is -2.04.